The predicted octanol–water partition coefficient (Wildman–Crippen LogP) is 3.48. The molecule has 0 aliphatic rings. The van der Waals surface area contributed by atoms with Crippen LogP contribution in [0.15, 0.2) is 24.3 Å². The van der Waals surface area contributed by atoms with Gasteiger partial charge in [0, 0.05) is 24.0 Å². The fourth-order valence-corrected chi connectivity index (χ4v) is 2.72. The Morgan fingerprint density at radius 2 is 2.09 bits per heavy atom. The Morgan fingerprint density at radius 3 is 2.68 bits per heavy atom. The Bertz CT molecular complexity index is 675. The van der Waals surface area contributed by atoms with Crippen molar-refractivity contribution in [3.05, 3.63) is 46.8 Å². The molecule has 22 heavy (non-hydrogen) atoms. The molecule has 5 nitrogen and oxygen atoms in total. The molecular weight excluding hydrogens is 276 g/mol. The molecule has 0 radical (unpaired) electrons. The van der Waals surface area contributed by atoms with Crippen molar-refractivity contribution in [2.45, 2.75) is 40.2 Å². The van der Waals surface area contributed by atoms with Gasteiger partial charge in [0.2, 0.25) is 0 Å². The van der Waals surface area contributed by atoms with E-state index in [-0.39, 0.29) is 12.1 Å². The minimum Gasteiger partial charge on any atom is -0.331 e. The van der Waals surface area contributed by atoms with Gasteiger partial charge in [-0.25, -0.2) is 4.79 Å². The first-order chi connectivity index (χ1) is 10.4. The topological polar surface area (TPSA) is 59.0 Å². The average molecular weight is 300 g/mol. The third kappa shape index (κ3) is 3.47. The largest absolute Gasteiger partial charge is 0.331 e. The van der Waals surface area contributed by atoms with E-state index in [2.05, 4.69) is 22.7 Å². The smallest absolute Gasteiger partial charge is 0.319 e. The van der Waals surface area contributed by atoms with Gasteiger partial charge in [0.25, 0.3) is 0 Å². The van der Waals surface area contributed by atoms with Crippen LogP contribution in [0.2, 0.25) is 0 Å². The van der Waals surface area contributed by atoms with Crippen LogP contribution in [-0.2, 0) is 13.5 Å². The maximum atomic E-state index is 12.2. The Morgan fingerprint density at radius 1 is 1.36 bits per heavy atom. The van der Waals surface area contributed by atoms with Crippen molar-refractivity contribution in [1.29, 1.82) is 0 Å². The number of carbonyl (C=O) groups is 1. The van der Waals surface area contributed by atoms with Gasteiger partial charge < -0.3 is 10.6 Å². The number of benzene rings is 1. The van der Waals surface area contributed by atoms with E-state index in [1.807, 2.05) is 56.8 Å². The van der Waals surface area contributed by atoms with Gasteiger partial charge in [0.1, 0.15) is 0 Å². The first-order valence-electron chi connectivity index (χ1n) is 7.59. The number of anilines is 1. The second-order valence-corrected chi connectivity index (χ2v) is 5.58. The second-order valence-electron chi connectivity index (χ2n) is 5.58. The van der Waals surface area contributed by atoms with Gasteiger partial charge in [-0.2, -0.15) is 5.10 Å². The molecule has 2 aromatic rings. The van der Waals surface area contributed by atoms with Crippen LogP contribution in [0.5, 0.6) is 0 Å². The normalized spacial score (nSPS) is 12.0. The van der Waals surface area contributed by atoms with Gasteiger partial charge >= 0.3 is 6.03 Å². The Balaban J connectivity index is 2.05. The average Bonchev–Trinajstić information content (AvgIpc) is 2.72. The highest BCUT2D eigenvalue weighted by molar-refractivity contribution is 5.89. The molecule has 0 spiro atoms. The van der Waals surface area contributed by atoms with Gasteiger partial charge in [-0.05, 0) is 44.9 Å². The molecular formula is C17H24N4O. The standard InChI is InChI=1S/C17H24N4O/c1-6-14-8-7-9-15(10-14)19-17(22)18-11(2)16-12(3)20-21(5)13(16)4/h7-11H,6H2,1-5H3,(H2,18,19,22). The first kappa shape index (κ1) is 16.1. The van der Waals surface area contributed by atoms with Crippen LogP contribution in [0.25, 0.3) is 0 Å². The lowest BCUT2D eigenvalue weighted by molar-refractivity contribution is 0.249. The number of nitrogens with zero attached hydrogens (tertiary/aromatic N) is 2. The molecule has 5 heteroatoms. The minimum atomic E-state index is -0.205. The van der Waals surface area contributed by atoms with Crippen LogP contribution in [0.1, 0.15) is 42.4 Å². The molecule has 1 atom stereocenters. The summed E-state index contributed by atoms with van der Waals surface area (Å²) in [7, 11) is 1.91. The summed E-state index contributed by atoms with van der Waals surface area (Å²) in [6.45, 7) is 8.04. The molecule has 2 rings (SSSR count). The number of hydrogen-bond acceptors (Lipinski definition) is 2. The third-order valence-corrected chi connectivity index (χ3v) is 3.94. The van der Waals surface area contributed by atoms with Crippen LogP contribution in [-0.4, -0.2) is 15.8 Å². The number of amides is 2. The Labute approximate surface area is 131 Å². The third-order valence-electron chi connectivity index (χ3n) is 3.94. The van der Waals surface area contributed by atoms with E-state index in [0.29, 0.717) is 0 Å². The maximum absolute atomic E-state index is 12.2. The van der Waals surface area contributed by atoms with Crippen LogP contribution >= 0.6 is 0 Å². The lowest BCUT2D eigenvalue weighted by atomic mass is 10.1. The van der Waals surface area contributed by atoms with E-state index in [0.717, 1.165) is 29.1 Å². The summed E-state index contributed by atoms with van der Waals surface area (Å²) in [6.07, 6.45) is 0.946. The van der Waals surface area contributed by atoms with E-state index < -0.39 is 0 Å². The lowest BCUT2D eigenvalue weighted by Crippen LogP contribution is -2.31. The summed E-state index contributed by atoms with van der Waals surface area (Å²) in [5, 5.41) is 10.3. The highest BCUT2D eigenvalue weighted by Gasteiger charge is 2.18. The number of rotatable bonds is 4. The molecule has 0 aliphatic carbocycles. The number of aryl methyl sites for hydroxylation is 3. The first-order valence-corrected chi connectivity index (χ1v) is 7.59. The van der Waals surface area contributed by atoms with Gasteiger partial charge in [-0.15, -0.1) is 0 Å². The lowest BCUT2D eigenvalue weighted by Gasteiger charge is -2.16. The van der Waals surface area contributed by atoms with E-state index in [9.17, 15) is 4.79 Å². The van der Waals surface area contributed by atoms with Crippen LogP contribution in [0.3, 0.4) is 0 Å². The zero-order valence-electron chi connectivity index (χ0n) is 13.9. The molecule has 1 aromatic carbocycles. The summed E-state index contributed by atoms with van der Waals surface area (Å²) in [6, 6.07) is 7.59. The molecule has 0 saturated heterocycles. The van der Waals surface area contributed by atoms with Crippen molar-refractivity contribution in [3.8, 4) is 0 Å². The van der Waals surface area contributed by atoms with Crippen LogP contribution in [0, 0.1) is 13.8 Å². The quantitative estimate of drug-likeness (QED) is 0.908. The van der Waals surface area contributed by atoms with Crippen LogP contribution in [0.4, 0.5) is 10.5 Å². The molecule has 1 heterocycles. The zero-order chi connectivity index (χ0) is 16.3. The predicted molar refractivity (Wildman–Crippen MR) is 89.1 cm³/mol. The van der Waals surface area contributed by atoms with Gasteiger partial charge in [0.15, 0.2) is 0 Å². The molecule has 2 N–H and O–H groups in total. The number of nitrogens with one attached hydrogen (secondary N) is 2. The minimum absolute atomic E-state index is 0.0944. The van der Waals surface area contributed by atoms with Crippen molar-refractivity contribution in [2.75, 3.05) is 5.32 Å². The van der Waals surface area contributed by atoms with Crippen molar-refractivity contribution >= 4 is 11.7 Å². The summed E-state index contributed by atoms with van der Waals surface area (Å²) in [4.78, 5) is 12.2. The van der Waals surface area contributed by atoms with Gasteiger partial charge in [-0.1, -0.05) is 19.1 Å². The summed E-state index contributed by atoms with van der Waals surface area (Å²) >= 11 is 0. The summed E-state index contributed by atoms with van der Waals surface area (Å²) < 4.78 is 1.84. The van der Waals surface area contributed by atoms with Crippen molar-refractivity contribution in [1.82, 2.24) is 15.1 Å². The van der Waals surface area contributed by atoms with E-state index in [4.69, 9.17) is 0 Å². The molecule has 1 unspecified atom stereocenters. The highest BCUT2D eigenvalue weighted by atomic mass is 16.2. The number of hydrogen-bond donors (Lipinski definition) is 2. The second kappa shape index (κ2) is 6.64. The Hall–Kier alpha value is -2.30. The maximum Gasteiger partial charge on any atom is 0.319 e. The Kier molecular flexibility index (Phi) is 4.85. The molecule has 0 fully saturated rings. The molecule has 1 aromatic heterocycles. The van der Waals surface area contributed by atoms with Gasteiger partial charge in [0.05, 0.1) is 11.7 Å². The molecule has 0 aliphatic heterocycles. The van der Waals surface area contributed by atoms with E-state index in [1.54, 1.807) is 0 Å². The number of aromatic nitrogens is 2. The van der Waals surface area contributed by atoms with Crippen molar-refractivity contribution in [2.24, 2.45) is 7.05 Å². The highest BCUT2D eigenvalue weighted by Crippen LogP contribution is 2.20. The summed E-state index contributed by atoms with van der Waals surface area (Å²) in [5.74, 6) is 0. The fraction of sp³-hybridized carbons (Fsp3) is 0.412. The van der Waals surface area contributed by atoms with E-state index in [1.165, 1.54) is 5.56 Å². The molecule has 118 valence electrons. The monoisotopic (exact) mass is 300 g/mol. The SMILES string of the molecule is CCc1cccc(NC(=O)NC(C)c2c(C)nn(C)c2C)c1. The molecule has 2 amide bonds. The fourth-order valence-electron chi connectivity index (χ4n) is 2.72. The number of carbonyl (C=O) groups excluding carboxylic acids is 1. The zero-order valence-corrected chi connectivity index (χ0v) is 13.9. The van der Waals surface area contributed by atoms with Crippen LogP contribution < -0.4 is 10.6 Å². The summed E-state index contributed by atoms with van der Waals surface area (Å²) in [5.41, 5.74) is 5.09. The van der Waals surface area contributed by atoms with Crippen molar-refractivity contribution < 1.29 is 4.79 Å². The van der Waals surface area contributed by atoms with Gasteiger partial charge in [-0.3, -0.25) is 4.68 Å². The molecule has 0 bridgehead atoms. The van der Waals surface area contributed by atoms with E-state index >= 15 is 0 Å². The molecule has 0 saturated carbocycles. The number of urea groups is 1. The van der Waals surface area contributed by atoms with Crippen molar-refractivity contribution in [3.63, 3.8) is 0 Å².